The number of nitrogens with zero attached hydrogens (tertiary/aromatic N) is 1. The van der Waals surface area contributed by atoms with E-state index in [9.17, 15) is 22.8 Å². The summed E-state index contributed by atoms with van der Waals surface area (Å²) in [5.41, 5.74) is 0.981. The molecule has 0 fully saturated rings. The van der Waals surface area contributed by atoms with Crippen molar-refractivity contribution in [2.45, 2.75) is 31.6 Å². The zero-order valence-electron chi connectivity index (χ0n) is 15.5. The molecule has 0 radical (unpaired) electrons. The van der Waals surface area contributed by atoms with Crippen LogP contribution in [0.2, 0.25) is 5.02 Å². The van der Waals surface area contributed by atoms with Crippen molar-refractivity contribution in [1.29, 1.82) is 0 Å². The Labute approximate surface area is 170 Å². The second-order valence-electron chi connectivity index (χ2n) is 6.75. The molecule has 0 saturated carbocycles. The summed E-state index contributed by atoms with van der Waals surface area (Å²) in [6.07, 6.45) is -5.63. The van der Waals surface area contributed by atoms with Gasteiger partial charge in [0.25, 0.3) is 0 Å². The lowest BCUT2D eigenvalue weighted by Crippen LogP contribution is -2.52. The van der Waals surface area contributed by atoms with Crippen LogP contribution in [-0.4, -0.2) is 30.6 Å². The summed E-state index contributed by atoms with van der Waals surface area (Å²) in [5.74, 6) is -1.58. The number of halogens is 4. The van der Waals surface area contributed by atoms with Crippen LogP contribution in [0.25, 0.3) is 0 Å². The number of nitrogens with one attached hydrogen (secondary N) is 2. The van der Waals surface area contributed by atoms with E-state index < -0.39 is 30.5 Å². The van der Waals surface area contributed by atoms with Crippen LogP contribution in [0.4, 0.5) is 24.5 Å². The number of anilines is 2. The first-order valence-electron chi connectivity index (χ1n) is 8.93. The first kappa shape index (κ1) is 21.1. The highest BCUT2D eigenvalue weighted by Crippen LogP contribution is 2.37. The fourth-order valence-corrected chi connectivity index (χ4v) is 3.41. The van der Waals surface area contributed by atoms with Gasteiger partial charge >= 0.3 is 6.18 Å². The van der Waals surface area contributed by atoms with Gasteiger partial charge in [0.1, 0.15) is 6.04 Å². The maximum Gasteiger partial charge on any atom is 0.409 e. The highest BCUT2D eigenvalue weighted by atomic mass is 35.5. The summed E-state index contributed by atoms with van der Waals surface area (Å²) < 4.78 is 41.1. The third kappa shape index (κ3) is 4.89. The van der Waals surface area contributed by atoms with E-state index in [4.69, 9.17) is 11.6 Å². The van der Waals surface area contributed by atoms with Gasteiger partial charge in [-0.05, 0) is 36.8 Å². The van der Waals surface area contributed by atoms with Crippen molar-refractivity contribution in [3.8, 4) is 0 Å². The van der Waals surface area contributed by atoms with E-state index >= 15 is 0 Å². The molecule has 1 aliphatic rings. The van der Waals surface area contributed by atoms with Gasteiger partial charge in [-0.3, -0.25) is 14.5 Å². The molecule has 3 rings (SSSR count). The Morgan fingerprint density at radius 1 is 1.28 bits per heavy atom. The number of alkyl halides is 3. The lowest BCUT2D eigenvalue weighted by molar-refractivity contribution is -0.157. The molecular weight excluding hydrogens is 407 g/mol. The van der Waals surface area contributed by atoms with Gasteiger partial charge in [0.05, 0.1) is 24.3 Å². The van der Waals surface area contributed by atoms with Crippen LogP contribution < -0.4 is 15.5 Å². The van der Waals surface area contributed by atoms with Crippen molar-refractivity contribution in [2.24, 2.45) is 0 Å². The minimum Gasteiger partial charge on any atom is -0.324 e. The summed E-state index contributed by atoms with van der Waals surface area (Å²) in [6, 6.07) is 10.4. The lowest BCUT2D eigenvalue weighted by Gasteiger charge is -2.32. The fourth-order valence-electron chi connectivity index (χ4n) is 3.22. The van der Waals surface area contributed by atoms with Gasteiger partial charge < -0.3 is 10.6 Å². The topological polar surface area (TPSA) is 61.4 Å². The predicted molar refractivity (Wildman–Crippen MR) is 105 cm³/mol. The zero-order chi connectivity index (χ0) is 21.2. The third-order valence-electron chi connectivity index (χ3n) is 4.68. The molecule has 0 spiro atoms. The molecule has 154 valence electrons. The zero-order valence-corrected chi connectivity index (χ0v) is 16.2. The Morgan fingerprint density at radius 2 is 2.00 bits per heavy atom. The molecule has 2 N–H and O–H groups in total. The molecule has 0 saturated heterocycles. The summed E-state index contributed by atoms with van der Waals surface area (Å²) in [6.45, 7) is 1.43. The Morgan fingerprint density at radius 3 is 2.69 bits per heavy atom. The van der Waals surface area contributed by atoms with Gasteiger partial charge in [-0.15, -0.1) is 0 Å². The molecule has 5 nitrogen and oxygen atoms in total. The SMILES string of the molecule is C[C@@H](NCC(=O)N1c2ccccc2NC(=O)C[C@H]1C(F)(F)F)c1cccc(Cl)c1. The van der Waals surface area contributed by atoms with E-state index in [2.05, 4.69) is 10.6 Å². The van der Waals surface area contributed by atoms with Crippen LogP contribution in [0.3, 0.4) is 0 Å². The summed E-state index contributed by atoms with van der Waals surface area (Å²) in [4.78, 5) is 25.5. The van der Waals surface area contributed by atoms with Gasteiger partial charge in [0.2, 0.25) is 11.8 Å². The number of fused-ring (bicyclic) bond motifs is 1. The quantitative estimate of drug-likeness (QED) is 0.768. The van der Waals surface area contributed by atoms with Crippen molar-refractivity contribution >= 4 is 34.8 Å². The van der Waals surface area contributed by atoms with Gasteiger partial charge in [-0.25, -0.2) is 0 Å². The van der Waals surface area contributed by atoms with Crippen LogP contribution in [0.5, 0.6) is 0 Å². The minimum absolute atomic E-state index is 0.0166. The maximum absolute atomic E-state index is 13.7. The van der Waals surface area contributed by atoms with Crippen LogP contribution >= 0.6 is 11.6 Å². The number of benzene rings is 2. The molecule has 2 amide bonds. The number of carbonyl (C=O) groups is 2. The molecule has 1 aliphatic heterocycles. The van der Waals surface area contributed by atoms with Crippen molar-refractivity contribution in [3.05, 3.63) is 59.1 Å². The maximum atomic E-state index is 13.7. The Kier molecular flexibility index (Phi) is 6.14. The molecular formula is C20H19ClF3N3O2. The molecule has 2 aromatic rings. The van der Waals surface area contributed by atoms with Crippen LogP contribution in [0.15, 0.2) is 48.5 Å². The molecule has 2 atom stereocenters. The first-order chi connectivity index (χ1) is 13.7. The second-order valence-corrected chi connectivity index (χ2v) is 7.18. The fraction of sp³-hybridized carbons (Fsp3) is 0.300. The average Bonchev–Trinajstić information content (AvgIpc) is 2.81. The molecule has 1 heterocycles. The smallest absolute Gasteiger partial charge is 0.324 e. The molecule has 9 heteroatoms. The standard InChI is InChI=1S/C20H19ClF3N3O2/c1-12(13-5-4-6-14(21)9-13)25-11-19(29)27-16-8-3-2-7-15(16)26-18(28)10-17(27)20(22,23)24/h2-9,12,17,25H,10-11H2,1H3,(H,26,28)/t12-,17+/m1/s1. The Balaban J connectivity index is 1.86. The van der Waals surface area contributed by atoms with E-state index in [1.54, 1.807) is 37.3 Å². The lowest BCUT2D eigenvalue weighted by atomic mass is 10.1. The largest absolute Gasteiger partial charge is 0.409 e. The van der Waals surface area contributed by atoms with Crippen molar-refractivity contribution in [1.82, 2.24) is 5.32 Å². The number of carbonyl (C=O) groups excluding carboxylic acids is 2. The minimum atomic E-state index is -4.76. The van der Waals surface area contributed by atoms with Crippen LogP contribution in [-0.2, 0) is 9.59 Å². The normalized spacial score (nSPS) is 17.9. The van der Waals surface area contributed by atoms with Gasteiger partial charge in [-0.2, -0.15) is 13.2 Å². The molecule has 0 unspecified atom stereocenters. The first-order valence-corrected chi connectivity index (χ1v) is 9.31. The van der Waals surface area contributed by atoms with Crippen LogP contribution in [0, 0.1) is 0 Å². The molecule has 0 aliphatic carbocycles. The molecule has 29 heavy (non-hydrogen) atoms. The van der Waals surface area contributed by atoms with Gasteiger partial charge in [0.15, 0.2) is 0 Å². The number of hydrogen-bond acceptors (Lipinski definition) is 3. The van der Waals surface area contributed by atoms with Gasteiger partial charge in [-0.1, -0.05) is 35.9 Å². The average molecular weight is 426 g/mol. The highest BCUT2D eigenvalue weighted by Gasteiger charge is 2.48. The molecule has 0 bridgehead atoms. The number of rotatable bonds is 4. The molecule has 2 aromatic carbocycles. The van der Waals surface area contributed by atoms with Crippen molar-refractivity contribution in [2.75, 3.05) is 16.8 Å². The Bertz CT molecular complexity index is 920. The van der Waals surface area contributed by atoms with Crippen molar-refractivity contribution < 1.29 is 22.8 Å². The second kappa shape index (κ2) is 8.42. The van der Waals surface area contributed by atoms with E-state index in [1.807, 2.05) is 0 Å². The Hall–Kier alpha value is -2.58. The summed E-state index contributed by atoms with van der Waals surface area (Å²) in [5, 5.41) is 5.89. The van der Waals surface area contributed by atoms with Gasteiger partial charge in [0, 0.05) is 11.1 Å². The summed E-state index contributed by atoms with van der Waals surface area (Å²) >= 11 is 5.96. The van der Waals surface area contributed by atoms with E-state index in [-0.39, 0.29) is 24.0 Å². The third-order valence-corrected chi connectivity index (χ3v) is 4.92. The van der Waals surface area contributed by atoms with E-state index in [0.29, 0.717) is 9.92 Å². The van der Waals surface area contributed by atoms with Crippen molar-refractivity contribution in [3.63, 3.8) is 0 Å². The predicted octanol–water partition coefficient (Wildman–Crippen LogP) is 4.30. The van der Waals surface area contributed by atoms with Crippen LogP contribution in [0.1, 0.15) is 24.9 Å². The number of amides is 2. The summed E-state index contributed by atoms with van der Waals surface area (Å²) in [7, 11) is 0. The highest BCUT2D eigenvalue weighted by molar-refractivity contribution is 6.30. The van der Waals surface area contributed by atoms with E-state index in [1.165, 1.54) is 18.2 Å². The number of para-hydroxylation sites is 2. The monoisotopic (exact) mass is 425 g/mol. The molecule has 0 aromatic heterocycles. The number of hydrogen-bond donors (Lipinski definition) is 2. The van der Waals surface area contributed by atoms with E-state index in [0.717, 1.165) is 5.56 Å².